The maximum absolute atomic E-state index is 15.2. The Morgan fingerprint density at radius 1 is 1.28 bits per heavy atom. The molecule has 2 aromatic rings. The van der Waals surface area contributed by atoms with Gasteiger partial charge in [0.15, 0.2) is 5.82 Å². The van der Waals surface area contributed by atoms with E-state index in [9.17, 15) is 19.5 Å². The van der Waals surface area contributed by atoms with Crippen molar-refractivity contribution in [2.75, 3.05) is 18.0 Å². The third kappa shape index (κ3) is 4.26. The highest BCUT2D eigenvalue weighted by atomic mass is 35.5. The van der Waals surface area contributed by atoms with Crippen LogP contribution in [0.5, 0.6) is 0 Å². The van der Waals surface area contributed by atoms with Crippen molar-refractivity contribution in [1.82, 2.24) is 9.72 Å². The predicted octanol–water partition coefficient (Wildman–Crippen LogP) is 3.77. The standard InChI is InChI=1S/C22H25ClFN3O5/c1-22(2,3)32-21(31)25-12-6-7-26(9-12)18-15(24)10-27-17(16(18)23)13(11-4-5-11)8-14(19(27)28)20(29)30/h8,10-12H,4-7,9H2,1-3H3,(H,25,31)(H,29,30). The van der Waals surface area contributed by atoms with Crippen LogP contribution in [0.4, 0.5) is 14.9 Å². The highest BCUT2D eigenvalue weighted by Gasteiger charge is 2.33. The molecule has 1 aliphatic carbocycles. The van der Waals surface area contributed by atoms with Crippen LogP contribution < -0.4 is 15.8 Å². The number of nitrogens with zero attached hydrogens (tertiary/aromatic N) is 2. The molecule has 1 atom stereocenters. The van der Waals surface area contributed by atoms with E-state index >= 15 is 4.39 Å². The zero-order valence-corrected chi connectivity index (χ0v) is 18.8. The summed E-state index contributed by atoms with van der Waals surface area (Å²) in [5, 5.41) is 12.3. The number of carboxylic acids is 1. The molecule has 10 heteroatoms. The zero-order chi connectivity index (χ0) is 23.4. The quantitative estimate of drug-likeness (QED) is 0.713. The molecule has 0 spiro atoms. The lowest BCUT2D eigenvalue weighted by atomic mass is 10.1. The van der Waals surface area contributed by atoms with E-state index < -0.39 is 34.6 Å². The summed E-state index contributed by atoms with van der Waals surface area (Å²) >= 11 is 6.65. The molecule has 1 saturated carbocycles. The molecular formula is C22H25ClFN3O5. The van der Waals surface area contributed by atoms with Crippen LogP contribution in [0.1, 0.15) is 61.9 Å². The third-order valence-corrected chi connectivity index (χ3v) is 5.98. The molecule has 2 N–H and O–H groups in total. The van der Waals surface area contributed by atoms with Gasteiger partial charge in [-0.2, -0.15) is 0 Å². The molecule has 2 aromatic heterocycles. The Hall–Kier alpha value is -2.81. The van der Waals surface area contributed by atoms with Gasteiger partial charge in [-0.1, -0.05) is 11.6 Å². The summed E-state index contributed by atoms with van der Waals surface area (Å²) in [7, 11) is 0. The average Bonchev–Trinajstić information content (AvgIpc) is 3.41. The van der Waals surface area contributed by atoms with E-state index in [2.05, 4.69) is 5.32 Å². The van der Waals surface area contributed by atoms with E-state index in [4.69, 9.17) is 16.3 Å². The van der Waals surface area contributed by atoms with Gasteiger partial charge in [-0.25, -0.2) is 14.0 Å². The number of amides is 1. The van der Waals surface area contributed by atoms with Gasteiger partial charge in [0.25, 0.3) is 5.56 Å². The number of halogens is 2. The predicted molar refractivity (Wildman–Crippen MR) is 118 cm³/mol. The van der Waals surface area contributed by atoms with Crippen LogP contribution in [-0.2, 0) is 4.74 Å². The molecule has 1 unspecified atom stereocenters. The SMILES string of the molecule is CC(C)(C)OC(=O)NC1CCN(c2c(F)cn3c(=O)c(C(=O)O)cc(C4CC4)c3c2Cl)C1. The monoisotopic (exact) mass is 465 g/mol. The number of rotatable bonds is 4. The molecule has 8 nitrogen and oxygen atoms in total. The third-order valence-electron chi connectivity index (χ3n) is 5.62. The van der Waals surface area contributed by atoms with Crippen molar-refractivity contribution < 1.29 is 23.8 Å². The molecule has 2 aliphatic rings. The molecule has 0 bridgehead atoms. The summed E-state index contributed by atoms with van der Waals surface area (Å²) in [5.41, 5.74) is -0.743. The first-order valence-corrected chi connectivity index (χ1v) is 10.9. The van der Waals surface area contributed by atoms with Crippen LogP contribution in [0.3, 0.4) is 0 Å². The van der Waals surface area contributed by atoms with Crippen molar-refractivity contribution in [3.05, 3.63) is 44.6 Å². The van der Waals surface area contributed by atoms with Crippen molar-refractivity contribution in [2.24, 2.45) is 0 Å². The van der Waals surface area contributed by atoms with E-state index in [1.807, 2.05) is 0 Å². The van der Waals surface area contributed by atoms with Crippen LogP contribution in [0.2, 0.25) is 5.02 Å². The van der Waals surface area contributed by atoms with E-state index in [1.165, 1.54) is 6.07 Å². The van der Waals surface area contributed by atoms with Gasteiger partial charge >= 0.3 is 12.1 Å². The Morgan fingerprint density at radius 3 is 2.56 bits per heavy atom. The molecule has 1 aliphatic heterocycles. The first-order chi connectivity index (χ1) is 15.0. The van der Waals surface area contributed by atoms with Gasteiger partial charge in [-0.05, 0) is 57.6 Å². The van der Waals surface area contributed by atoms with Crippen molar-refractivity contribution >= 4 is 34.9 Å². The normalized spacial score (nSPS) is 18.8. The maximum Gasteiger partial charge on any atom is 0.407 e. The summed E-state index contributed by atoms with van der Waals surface area (Å²) in [4.78, 5) is 38.0. The summed E-state index contributed by atoms with van der Waals surface area (Å²) in [5.74, 6) is -2.01. The second-order valence-electron chi connectivity index (χ2n) is 9.33. The zero-order valence-electron chi connectivity index (χ0n) is 18.1. The number of nitrogens with one attached hydrogen (secondary N) is 1. The minimum atomic E-state index is -1.36. The first kappa shape index (κ1) is 22.4. The van der Waals surface area contributed by atoms with Crippen LogP contribution >= 0.6 is 11.6 Å². The van der Waals surface area contributed by atoms with Crippen LogP contribution in [0.25, 0.3) is 5.52 Å². The fourth-order valence-corrected chi connectivity index (χ4v) is 4.52. The van der Waals surface area contributed by atoms with Gasteiger partial charge in [-0.15, -0.1) is 0 Å². The van der Waals surface area contributed by atoms with Gasteiger partial charge < -0.3 is 20.1 Å². The molecule has 2 fully saturated rings. The number of carbonyl (C=O) groups excluding carboxylic acids is 1. The number of pyridine rings is 2. The van der Waals surface area contributed by atoms with Crippen LogP contribution in [0.15, 0.2) is 17.1 Å². The highest BCUT2D eigenvalue weighted by Crippen LogP contribution is 2.45. The number of hydrogen-bond acceptors (Lipinski definition) is 5. The Morgan fingerprint density at radius 2 is 1.97 bits per heavy atom. The average molecular weight is 466 g/mol. The molecular weight excluding hydrogens is 441 g/mol. The van der Waals surface area contributed by atoms with Gasteiger partial charge in [0, 0.05) is 13.1 Å². The summed E-state index contributed by atoms with van der Waals surface area (Å²) in [6.07, 6.45) is 2.73. The highest BCUT2D eigenvalue weighted by molar-refractivity contribution is 6.36. The molecule has 0 radical (unpaired) electrons. The van der Waals surface area contributed by atoms with Crippen molar-refractivity contribution in [3.63, 3.8) is 0 Å². The molecule has 172 valence electrons. The van der Waals surface area contributed by atoms with Gasteiger partial charge in [0.1, 0.15) is 11.2 Å². The minimum Gasteiger partial charge on any atom is -0.477 e. The fraction of sp³-hybridized carbons (Fsp3) is 0.500. The molecule has 0 aromatic carbocycles. The van der Waals surface area contributed by atoms with Gasteiger partial charge in [0.05, 0.1) is 28.5 Å². The van der Waals surface area contributed by atoms with E-state index in [1.54, 1.807) is 25.7 Å². The Labute approximate surface area is 188 Å². The number of aromatic carboxylic acids is 1. The number of anilines is 1. The van der Waals surface area contributed by atoms with Crippen molar-refractivity contribution in [2.45, 2.75) is 57.6 Å². The van der Waals surface area contributed by atoms with E-state index in [-0.39, 0.29) is 22.7 Å². The largest absolute Gasteiger partial charge is 0.477 e. The maximum atomic E-state index is 15.2. The Kier molecular flexibility index (Phi) is 5.56. The number of fused-ring (bicyclic) bond motifs is 1. The fourth-order valence-electron chi connectivity index (χ4n) is 4.11. The number of aromatic nitrogens is 1. The summed E-state index contributed by atoms with van der Waals surface area (Å²) in [6, 6.07) is 1.11. The summed E-state index contributed by atoms with van der Waals surface area (Å²) < 4.78 is 21.4. The topological polar surface area (TPSA) is 100 Å². The number of carbonyl (C=O) groups is 2. The van der Waals surface area contributed by atoms with Gasteiger partial charge in [0.2, 0.25) is 0 Å². The minimum absolute atomic E-state index is 0.0684. The molecule has 4 rings (SSSR count). The van der Waals surface area contributed by atoms with E-state index in [0.29, 0.717) is 30.6 Å². The summed E-state index contributed by atoms with van der Waals surface area (Å²) in [6.45, 7) is 6.08. The van der Waals surface area contributed by atoms with Crippen molar-refractivity contribution in [3.8, 4) is 0 Å². The molecule has 32 heavy (non-hydrogen) atoms. The first-order valence-electron chi connectivity index (χ1n) is 10.5. The van der Waals surface area contributed by atoms with Gasteiger partial charge in [-0.3, -0.25) is 9.20 Å². The molecule has 3 heterocycles. The number of alkyl carbamates (subject to hydrolysis) is 1. The number of ether oxygens (including phenoxy) is 1. The number of carboxylic acid groups (broad SMARTS) is 1. The Bertz CT molecular complexity index is 1170. The molecule has 1 amide bonds. The van der Waals surface area contributed by atoms with E-state index in [0.717, 1.165) is 23.4 Å². The molecule has 1 saturated heterocycles. The second kappa shape index (κ2) is 7.95. The second-order valence-corrected chi connectivity index (χ2v) is 9.71. The Balaban J connectivity index is 1.69. The lowest BCUT2D eigenvalue weighted by Crippen LogP contribution is -2.40. The smallest absolute Gasteiger partial charge is 0.407 e. The lowest BCUT2D eigenvalue weighted by Gasteiger charge is -2.24. The van der Waals surface area contributed by atoms with Crippen LogP contribution in [-0.4, -0.2) is 46.3 Å². The lowest BCUT2D eigenvalue weighted by molar-refractivity contribution is 0.0508. The number of hydrogen-bond donors (Lipinski definition) is 2. The van der Waals surface area contributed by atoms with Crippen molar-refractivity contribution in [1.29, 1.82) is 0 Å². The van der Waals surface area contributed by atoms with Crippen LogP contribution in [0, 0.1) is 5.82 Å².